The second-order valence-corrected chi connectivity index (χ2v) is 5.24. The number of nitrogens with zero attached hydrogens (tertiary/aromatic N) is 3. The van der Waals surface area contributed by atoms with Crippen LogP contribution in [0, 0.1) is 12.8 Å². The molecular weight excluding hydrogens is 258 g/mol. The summed E-state index contributed by atoms with van der Waals surface area (Å²) in [6, 6.07) is 0.110. The van der Waals surface area contributed by atoms with E-state index in [0.29, 0.717) is 25.6 Å². The molecule has 20 heavy (non-hydrogen) atoms. The van der Waals surface area contributed by atoms with E-state index in [9.17, 15) is 4.79 Å². The van der Waals surface area contributed by atoms with Crippen molar-refractivity contribution in [3.63, 3.8) is 0 Å². The van der Waals surface area contributed by atoms with Crippen LogP contribution in [0.1, 0.15) is 25.0 Å². The van der Waals surface area contributed by atoms with E-state index in [1.54, 1.807) is 11.9 Å². The van der Waals surface area contributed by atoms with Gasteiger partial charge in [-0.1, -0.05) is 6.92 Å². The highest BCUT2D eigenvalue weighted by Gasteiger charge is 2.35. The Morgan fingerprint density at radius 3 is 3.00 bits per heavy atom. The number of hydrogen-bond donors (Lipinski definition) is 2. The lowest BCUT2D eigenvalue weighted by Gasteiger charge is -2.23. The van der Waals surface area contributed by atoms with Gasteiger partial charge in [-0.15, -0.1) is 0 Å². The molecule has 2 heterocycles. The molecule has 1 aliphatic rings. The molecule has 7 nitrogen and oxygen atoms in total. The van der Waals surface area contributed by atoms with Gasteiger partial charge in [0.1, 0.15) is 5.82 Å². The number of carbonyl (C=O) groups excluding carboxylic acids is 1. The van der Waals surface area contributed by atoms with Crippen molar-refractivity contribution in [1.29, 1.82) is 0 Å². The molecule has 0 aliphatic carbocycles. The Hall–Kier alpha value is -1.47. The minimum absolute atomic E-state index is 0.0820. The Labute approximate surface area is 119 Å². The van der Waals surface area contributed by atoms with Crippen molar-refractivity contribution < 1.29 is 9.53 Å². The number of H-pyrrole nitrogens is 1. The average Bonchev–Trinajstić information content (AvgIpc) is 3.04. The van der Waals surface area contributed by atoms with Gasteiger partial charge < -0.3 is 15.0 Å². The number of rotatable bonds is 6. The van der Waals surface area contributed by atoms with Gasteiger partial charge in [0, 0.05) is 13.1 Å². The van der Waals surface area contributed by atoms with E-state index in [1.807, 2.05) is 6.92 Å². The van der Waals surface area contributed by atoms with Crippen molar-refractivity contribution >= 4 is 5.91 Å². The highest BCUT2D eigenvalue weighted by atomic mass is 16.5. The van der Waals surface area contributed by atoms with Crippen LogP contribution in [0.3, 0.4) is 0 Å². The average molecular weight is 281 g/mol. The summed E-state index contributed by atoms with van der Waals surface area (Å²) >= 11 is 0. The smallest absolute Gasteiger partial charge is 0.229 e. The first kappa shape index (κ1) is 14.9. The van der Waals surface area contributed by atoms with E-state index in [0.717, 1.165) is 18.8 Å². The Bertz CT molecular complexity index is 448. The molecule has 1 saturated heterocycles. The number of ether oxygens (including phenoxy) is 1. The monoisotopic (exact) mass is 281 g/mol. The molecule has 0 radical (unpaired) electrons. The Morgan fingerprint density at radius 2 is 2.35 bits per heavy atom. The quantitative estimate of drug-likeness (QED) is 0.772. The molecule has 1 aromatic heterocycles. The summed E-state index contributed by atoms with van der Waals surface area (Å²) < 4.78 is 5.44. The minimum Gasteiger partial charge on any atom is -0.379 e. The van der Waals surface area contributed by atoms with E-state index in [2.05, 4.69) is 27.4 Å². The fraction of sp³-hybridized carbons (Fsp3) is 0.769. The van der Waals surface area contributed by atoms with Gasteiger partial charge in [0.05, 0.1) is 25.7 Å². The zero-order chi connectivity index (χ0) is 14.5. The molecule has 2 unspecified atom stereocenters. The molecule has 1 aliphatic heterocycles. The summed E-state index contributed by atoms with van der Waals surface area (Å²) in [4.78, 5) is 18.4. The van der Waals surface area contributed by atoms with Crippen molar-refractivity contribution in [2.75, 3.05) is 26.8 Å². The summed E-state index contributed by atoms with van der Waals surface area (Å²) in [5, 5.41) is 10.2. The maximum Gasteiger partial charge on any atom is 0.229 e. The third-order valence-corrected chi connectivity index (χ3v) is 3.45. The molecule has 1 aromatic rings. The first-order chi connectivity index (χ1) is 9.61. The van der Waals surface area contributed by atoms with E-state index in [1.165, 1.54) is 0 Å². The zero-order valence-electron chi connectivity index (χ0n) is 12.3. The molecule has 0 aromatic carbocycles. The minimum atomic E-state index is -0.119. The summed E-state index contributed by atoms with van der Waals surface area (Å²) in [5.74, 6) is 1.35. The number of hydrogen-bond acceptors (Lipinski definition) is 5. The molecule has 2 rings (SSSR count). The van der Waals surface area contributed by atoms with Crippen molar-refractivity contribution in [3.8, 4) is 0 Å². The second kappa shape index (κ2) is 6.81. The summed E-state index contributed by atoms with van der Waals surface area (Å²) in [6.45, 7) is 6.36. The van der Waals surface area contributed by atoms with Crippen LogP contribution < -0.4 is 5.32 Å². The van der Waals surface area contributed by atoms with Crippen LogP contribution in [-0.2, 0) is 16.1 Å². The number of amides is 1. The van der Waals surface area contributed by atoms with Crippen LogP contribution in [0.5, 0.6) is 0 Å². The van der Waals surface area contributed by atoms with Gasteiger partial charge >= 0.3 is 0 Å². The summed E-state index contributed by atoms with van der Waals surface area (Å²) in [5.41, 5.74) is 0. The number of aromatic amines is 1. The number of nitrogens with one attached hydrogen (secondary N) is 2. The van der Waals surface area contributed by atoms with Gasteiger partial charge in [0.15, 0.2) is 5.82 Å². The first-order valence-electron chi connectivity index (χ1n) is 7.05. The molecule has 7 heteroatoms. The van der Waals surface area contributed by atoms with Gasteiger partial charge in [-0.25, -0.2) is 4.98 Å². The molecule has 2 N–H and O–H groups in total. The predicted octanol–water partition coefficient (Wildman–Crippen LogP) is 0.0861. The van der Waals surface area contributed by atoms with E-state index in [4.69, 9.17) is 4.74 Å². The van der Waals surface area contributed by atoms with Gasteiger partial charge in [-0.2, -0.15) is 5.10 Å². The molecule has 112 valence electrons. The number of aryl methyl sites for hydroxylation is 1. The van der Waals surface area contributed by atoms with Crippen LogP contribution in [-0.4, -0.2) is 58.8 Å². The van der Waals surface area contributed by atoms with Crippen LogP contribution in [0.2, 0.25) is 0 Å². The van der Waals surface area contributed by atoms with Crippen molar-refractivity contribution in [2.45, 2.75) is 32.9 Å². The van der Waals surface area contributed by atoms with Crippen molar-refractivity contribution in [2.24, 2.45) is 5.92 Å². The molecule has 1 amide bonds. The van der Waals surface area contributed by atoms with Crippen molar-refractivity contribution in [3.05, 3.63) is 11.6 Å². The second-order valence-electron chi connectivity index (χ2n) is 5.24. The molecular formula is C13H23N5O2. The summed E-state index contributed by atoms with van der Waals surface area (Å²) in [7, 11) is 1.78. The Balaban J connectivity index is 1.91. The molecule has 1 fully saturated rings. The molecule has 2 atom stereocenters. The lowest BCUT2D eigenvalue weighted by Crippen LogP contribution is -2.44. The Kier molecular flexibility index (Phi) is 5.08. The SMILES string of the molecule is CCCNC1COCC1C(=O)N(C)Cc1n[nH]c(C)n1. The van der Waals surface area contributed by atoms with Crippen LogP contribution in [0.4, 0.5) is 0 Å². The fourth-order valence-electron chi connectivity index (χ4n) is 2.36. The standard InChI is InChI=1S/C13H23N5O2/c1-4-5-14-11-8-20-7-10(11)13(19)18(3)6-12-15-9(2)16-17-12/h10-11,14H,4-8H2,1-3H3,(H,15,16,17). The third kappa shape index (κ3) is 3.55. The van der Waals surface area contributed by atoms with Crippen LogP contribution in [0.25, 0.3) is 0 Å². The van der Waals surface area contributed by atoms with Gasteiger partial charge in [-0.05, 0) is 19.9 Å². The lowest BCUT2D eigenvalue weighted by molar-refractivity contribution is -0.135. The van der Waals surface area contributed by atoms with E-state index in [-0.39, 0.29) is 17.9 Å². The largest absolute Gasteiger partial charge is 0.379 e. The maximum absolute atomic E-state index is 12.5. The fourth-order valence-corrected chi connectivity index (χ4v) is 2.36. The topological polar surface area (TPSA) is 83.1 Å². The van der Waals surface area contributed by atoms with Gasteiger partial charge in [0.2, 0.25) is 5.91 Å². The predicted molar refractivity (Wildman–Crippen MR) is 74.0 cm³/mol. The maximum atomic E-state index is 12.5. The molecule has 0 spiro atoms. The highest BCUT2D eigenvalue weighted by molar-refractivity contribution is 5.79. The molecule has 0 saturated carbocycles. The van der Waals surface area contributed by atoms with Gasteiger partial charge in [0.25, 0.3) is 0 Å². The first-order valence-corrected chi connectivity index (χ1v) is 7.05. The number of carbonyl (C=O) groups is 1. The lowest BCUT2D eigenvalue weighted by atomic mass is 10.0. The Morgan fingerprint density at radius 1 is 1.55 bits per heavy atom. The van der Waals surface area contributed by atoms with E-state index < -0.39 is 0 Å². The van der Waals surface area contributed by atoms with Gasteiger partial charge in [-0.3, -0.25) is 9.89 Å². The van der Waals surface area contributed by atoms with Crippen molar-refractivity contribution in [1.82, 2.24) is 25.4 Å². The number of aromatic nitrogens is 3. The van der Waals surface area contributed by atoms with Crippen LogP contribution in [0.15, 0.2) is 0 Å². The summed E-state index contributed by atoms with van der Waals surface area (Å²) in [6.07, 6.45) is 1.05. The molecule has 0 bridgehead atoms. The zero-order valence-corrected chi connectivity index (χ0v) is 12.3. The van der Waals surface area contributed by atoms with E-state index >= 15 is 0 Å². The highest BCUT2D eigenvalue weighted by Crippen LogP contribution is 2.17. The van der Waals surface area contributed by atoms with Crippen LogP contribution >= 0.6 is 0 Å². The third-order valence-electron chi connectivity index (χ3n) is 3.45. The normalized spacial score (nSPS) is 22.1.